The zero-order chi connectivity index (χ0) is 13.8. The van der Waals surface area contributed by atoms with Crippen LogP contribution in [0.1, 0.15) is 10.4 Å². The van der Waals surface area contributed by atoms with Gasteiger partial charge in [0.1, 0.15) is 16.5 Å². The van der Waals surface area contributed by atoms with Gasteiger partial charge < -0.3 is 10.1 Å². The summed E-state index contributed by atoms with van der Waals surface area (Å²) in [6.07, 6.45) is 0. The minimum Gasteiger partial charge on any atom is -0.465 e. The highest BCUT2D eigenvalue weighted by Gasteiger charge is 2.14. The third-order valence-corrected chi connectivity index (χ3v) is 3.54. The lowest BCUT2D eigenvalue weighted by atomic mass is 10.2. The number of benzene rings is 1. The number of aromatic nitrogens is 1. The first kappa shape index (κ1) is 14.1. The molecule has 2 aromatic rings. The SMILES string of the molecule is COC(=O)c1ccc(Cl)nc1Nc1ccccc1I. The van der Waals surface area contributed by atoms with Crippen molar-refractivity contribution < 1.29 is 9.53 Å². The maximum absolute atomic E-state index is 11.7. The summed E-state index contributed by atoms with van der Waals surface area (Å²) in [6, 6.07) is 10.8. The normalized spacial score (nSPS) is 10.1. The van der Waals surface area contributed by atoms with Gasteiger partial charge in [-0.15, -0.1) is 0 Å². The Hall–Kier alpha value is -1.34. The Morgan fingerprint density at radius 2 is 2.05 bits per heavy atom. The first-order chi connectivity index (χ1) is 9.11. The number of carbonyl (C=O) groups is 1. The molecule has 0 amide bonds. The van der Waals surface area contributed by atoms with Crippen LogP contribution in [-0.4, -0.2) is 18.1 Å². The fourth-order valence-electron chi connectivity index (χ4n) is 1.50. The molecule has 0 aliphatic heterocycles. The molecule has 0 aliphatic rings. The van der Waals surface area contributed by atoms with Gasteiger partial charge >= 0.3 is 5.97 Å². The Morgan fingerprint density at radius 3 is 2.74 bits per heavy atom. The van der Waals surface area contributed by atoms with Crippen LogP contribution in [0.4, 0.5) is 11.5 Å². The van der Waals surface area contributed by atoms with Crippen LogP contribution in [0.5, 0.6) is 0 Å². The van der Waals surface area contributed by atoms with Gasteiger partial charge in [-0.25, -0.2) is 9.78 Å². The maximum Gasteiger partial charge on any atom is 0.341 e. The second-order valence-electron chi connectivity index (χ2n) is 3.63. The van der Waals surface area contributed by atoms with Crippen molar-refractivity contribution in [3.63, 3.8) is 0 Å². The fraction of sp³-hybridized carbons (Fsp3) is 0.0769. The molecule has 0 bridgehead atoms. The van der Waals surface area contributed by atoms with Crippen molar-refractivity contribution >= 4 is 51.7 Å². The molecule has 98 valence electrons. The Kier molecular flexibility index (Phi) is 4.60. The highest BCUT2D eigenvalue weighted by Crippen LogP contribution is 2.25. The summed E-state index contributed by atoms with van der Waals surface area (Å²) in [6.45, 7) is 0. The lowest BCUT2D eigenvalue weighted by molar-refractivity contribution is 0.0601. The van der Waals surface area contributed by atoms with E-state index in [4.69, 9.17) is 16.3 Å². The molecular weight excluding hydrogens is 379 g/mol. The maximum atomic E-state index is 11.7. The van der Waals surface area contributed by atoms with Gasteiger partial charge in [0.05, 0.1) is 12.8 Å². The summed E-state index contributed by atoms with van der Waals surface area (Å²) < 4.78 is 5.73. The largest absolute Gasteiger partial charge is 0.465 e. The third kappa shape index (κ3) is 3.36. The minimum absolute atomic E-state index is 0.307. The molecule has 0 radical (unpaired) electrons. The Bertz CT molecular complexity index is 619. The number of hydrogen-bond acceptors (Lipinski definition) is 4. The van der Waals surface area contributed by atoms with Gasteiger partial charge in [-0.3, -0.25) is 0 Å². The van der Waals surface area contributed by atoms with E-state index in [1.54, 1.807) is 12.1 Å². The standard InChI is InChI=1S/C13H10ClIN2O2/c1-19-13(18)8-6-7-11(14)17-12(8)16-10-5-3-2-4-9(10)15/h2-7H,1H3,(H,16,17). The van der Waals surface area contributed by atoms with Crippen LogP contribution in [0.2, 0.25) is 5.15 Å². The van der Waals surface area contributed by atoms with E-state index in [2.05, 4.69) is 32.9 Å². The van der Waals surface area contributed by atoms with E-state index in [-0.39, 0.29) is 0 Å². The summed E-state index contributed by atoms with van der Waals surface area (Å²) in [4.78, 5) is 15.8. The van der Waals surface area contributed by atoms with E-state index < -0.39 is 5.97 Å². The molecule has 1 heterocycles. The quantitative estimate of drug-likeness (QED) is 0.493. The van der Waals surface area contributed by atoms with Crippen LogP contribution in [0.3, 0.4) is 0 Å². The van der Waals surface area contributed by atoms with E-state index >= 15 is 0 Å². The average Bonchev–Trinajstić information content (AvgIpc) is 2.41. The summed E-state index contributed by atoms with van der Waals surface area (Å²) in [7, 11) is 1.33. The number of anilines is 2. The predicted molar refractivity (Wildman–Crippen MR) is 83.0 cm³/mol. The van der Waals surface area contributed by atoms with Gasteiger partial charge in [0, 0.05) is 3.57 Å². The molecule has 0 fully saturated rings. The lowest BCUT2D eigenvalue weighted by Gasteiger charge is -2.11. The number of ether oxygens (including phenoxy) is 1. The molecule has 0 saturated heterocycles. The predicted octanol–water partition coefficient (Wildman–Crippen LogP) is 3.87. The van der Waals surface area contributed by atoms with Gasteiger partial charge in [0.25, 0.3) is 0 Å². The molecule has 1 N–H and O–H groups in total. The highest BCUT2D eigenvalue weighted by molar-refractivity contribution is 14.1. The Balaban J connectivity index is 2.41. The number of carbonyl (C=O) groups excluding carboxylic acids is 1. The van der Waals surface area contributed by atoms with Gasteiger partial charge in [0.15, 0.2) is 0 Å². The van der Waals surface area contributed by atoms with Crippen molar-refractivity contribution in [2.45, 2.75) is 0 Å². The minimum atomic E-state index is -0.461. The number of rotatable bonds is 3. The van der Waals surface area contributed by atoms with Crippen LogP contribution >= 0.6 is 34.2 Å². The second-order valence-corrected chi connectivity index (χ2v) is 5.18. The molecule has 0 saturated carbocycles. The van der Waals surface area contributed by atoms with Gasteiger partial charge in [-0.05, 0) is 46.9 Å². The van der Waals surface area contributed by atoms with Gasteiger partial charge in [-0.2, -0.15) is 0 Å². The lowest BCUT2D eigenvalue weighted by Crippen LogP contribution is -2.07. The summed E-state index contributed by atoms with van der Waals surface area (Å²) in [5.74, 6) is -0.0823. The topological polar surface area (TPSA) is 51.2 Å². The summed E-state index contributed by atoms with van der Waals surface area (Å²) in [5.41, 5.74) is 1.19. The van der Waals surface area contributed by atoms with Crippen LogP contribution < -0.4 is 5.32 Å². The van der Waals surface area contributed by atoms with E-state index in [0.717, 1.165) is 9.26 Å². The van der Waals surface area contributed by atoms with Crippen molar-refractivity contribution in [3.05, 3.63) is 50.7 Å². The Labute approximate surface area is 129 Å². The molecule has 1 aromatic heterocycles. The number of nitrogens with one attached hydrogen (secondary N) is 1. The van der Waals surface area contributed by atoms with Gasteiger partial charge in [0.2, 0.25) is 0 Å². The van der Waals surface area contributed by atoms with E-state index in [0.29, 0.717) is 16.5 Å². The van der Waals surface area contributed by atoms with Crippen molar-refractivity contribution in [2.75, 3.05) is 12.4 Å². The van der Waals surface area contributed by atoms with E-state index in [1.165, 1.54) is 7.11 Å². The highest BCUT2D eigenvalue weighted by atomic mass is 127. The van der Waals surface area contributed by atoms with Crippen molar-refractivity contribution in [3.8, 4) is 0 Å². The van der Waals surface area contributed by atoms with E-state index in [1.807, 2.05) is 24.3 Å². The van der Waals surface area contributed by atoms with Crippen molar-refractivity contribution in [1.82, 2.24) is 4.98 Å². The molecule has 0 atom stereocenters. The molecule has 6 heteroatoms. The molecule has 0 aliphatic carbocycles. The monoisotopic (exact) mass is 388 g/mol. The molecule has 0 spiro atoms. The number of nitrogens with zero attached hydrogens (tertiary/aromatic N) is 1. The Morgan fingerprint density at radius 1 is 1.32 bits per heavy atom. The molecule has 19 heavy (non-hydrogen) atoms. The smallest absolute Gasteiger partial charge is 0.341 e. The van der Waals surface area contributed by atoms with Crippen molar-refractivity contribution in [2.24, 2.45) is 0 Å². The first-order valence-electron chi connectivity index (χ1n) is 5.38. The summed E-state index contributed by atoms with van der Waals surface area (Å²) in [5, 5.41) is 3.40. The molecule has 2 rings (SSSR count). The van der Waals surface area contributed by atoms with Crippen LogP contribution in [0.15, 0.2) is 36.4 Å². The first-order valence-corrected chi connectivity index (χ1v) is 6.84. The van der Waals surface area contributed by atoms with Crippen LogP contribution in [0, 0.1) is 3.57 Å². The molecule has 4 nitrogen and oxygen atoms in total. The number of methoxy groups -OCH3 is 1. The molecular formula is C13H10ClIN2O2. The number of esters is 1. The second kappa shape index (κ2) is 6.21. The van der Waals surface area contributed by atoms with Crippen molar-refractivity contribution in [1.29, 1.82) is 0 Å². The average molecular weight is 389 g/mol. The zero-order valence-corrected chi connectivity index (χ0v) is 12.9. The third-order valence-electron chi connectivity index (χ3n) is 2.39. The number of halogens is 2. The number of pyridine rings is 1. The molecule has 0 unspecified atom stereocenters. The number of hydrogen-bond donors (Lipinski definition) is 1. The van der Waals surface area contributed by atoms with Crippen LogP contribution in [0.25, 0.3) is 0 Å². The van der Waals surface area contributed by atoms with Crippen LogP contribution in [-0.2, 0) is 4.74 Å². The molecule has 1 aromatic carbocycles. The number of para-hydroxylation sites is 1. The van der Waals surface area contributed by atoms with E-state index in [9.17, 15) is 4.79 Å². The summed E-state index contributed by atoms with van der Waals surface area (Å²) >= 11 is 8.06. The fourth-order valence-corrected chi connectivity index (χ4v) is 2.17. The zero-order valence-electron chi connectivity index (χ0n) is 9.98. The van der Waals surface area contributed by atoms with Gasteiger partial charge in [-0.1, -0.05) is 23.7 Å².